The van der Waals surface area contributed by atoms with Crippen molar-refractivity contribution in [2.45, 2.75) is 19.0 Å². The topological polar surface area (TPSA) is 61.7 Å². The molecule has 0 bridgehead atoms. The standard InChI is InChI=1S/C33H31N5O2/c1-35-16-18-36(19-17-35)27-14-11-23(12-15-27)22-37-32(40)30(21-24-10-13-25-6-2-3-7-26(25)20-24)38-31(39)28-8-4-5-9-29(28)34-33(37)38/h2-15,20,30H,16-19,21-22H2,1H3. The van der Waals surface area contributed by atoms with Gasteiger partial charge >= 0.3 is 0 Å². The lowest BCUT2D eigenvalue weighted by molar-refractivity contribution is -0.120. The lowest BCUT2D eigenvalue weighted by Gasteiger charge is -2.34. The fraction of sp³-hybridized carbons (Fsp3) is 0.242. The summed E-state index contributed by atoms with van der Waals surface area (Å²) in [5.74, 6) is 0.318. The third-order valence-corrected chi connectivity index (χ3v) is 8.28. The molecule has 1 saturated heterocycles. The van der Waals surface area contributed by atoms with E-state index in [9.17, 15) is 9.59 Å². The first-order valence-electron chi connectivity index (χ1n) is 13.9. The average Bonchev–Trinajstić information content (AvgIpc) is 3.24. The van der Waals surface area contributed by atoms with Crippen LogP contribution in [0.5, 0.6) is 0 Å². The molecule has 2 aliphatic heterocycles. The Morgan fingerprint density at radius 1 is 0.775 bits per heavy atom. The number of carbonyl (C=O) groups is 1. The zero-order chi connectivity index (χ0) is 27.2. The summed E-state index contributed by atoms with van der Waals surface area (Å²) in [6.45, 7) is 4.47. The number of likely N-dealkylation sites (N-methyl/N-ethyl adjacent to an activating group) is 1. The Labute approximate surface area is 232 Å². The SMILES string of the molecule is CN1CCN(c2ccc(CN3C(=O)C(Cc4ccc5ccccc5c4)n4c3nc3ccccc3c4=O)cc2)CC1. The number of carbonyl (C=O) groups excluding carboxylic acids is 1. The quantitative estimate of drug-likeness (QED) is 0.332. The zero-order valence-corrected chi connectivity index (χ0v) is 22.5. The van der Waals surface area contributed by atoms with Crippen molar-refractivity contribution in [1.29, 1.82) is 0 Å². The van der Waals surface area contributed by atoms with E-state index in [1.54, 1.807) is 15.5 Å². The molecule has 4 aromatic carbocycles. The molecule has 200 valence electrons. The molecule has 0 spiro atoms. The molecule has 1 fully saturated rings. The minimum Gasteiger partial charge on any atom is -0.369 e. The molecule has 1 aromatic heterocycles. The molecule has 0 radical (unpaired) electrons. The Kier molecular flexibility index (Phi) is 6.09. The second-order valence-electron chi connectivity index (χ2n) is 10.9. The van der Waals surface area contributed by atoms with E-state index in [1.807, 2.05) is 30.3 Å². The van der Waals surface area contributed by atoms with Crippen LogP contribution in [0.25, 0.3) is 21.7 Å². The first-order chi connectivity index (χ1) is 19.5. The Hall–Kier alpha value is -4.49. The van der Waals surface area contributed by atoms with Crippen LogP contribution in [-0.4, -0.2) is 53.6 Å². The van der Waals surface area contributed by atoms with Crippen LogP contribution in [0.4, 0.5) is 11.6 Å². The summed E-state index contributed by atoms with van der Waals surface area (Å²) < 4.78 is 1.61. The number of anilines is 2. The van der Waals surface area contributed by atoms with E-state index in [4.69, 9.17) is 4.98 Å². The molecule has 3 heterocycles. The van der Waals surface area contributed by atoms with Gasteiger partial charge in [0.25, 0.3) is 11.5 Å². The molecule has 0 N–H and O–H groups in total. The van der Waals surface area contributed by atoms with E-state index < -0.39 is 6.04 Å². The molecular formula is C33H31N5O2. The summed E-state index contributed by atoms with van der Waals surface area (Å²) in [6, 6.07) is 29.5. The van der Waals surface area contributed by atoms with Gasteiger partial charge in [0, 0.05) is 38.3 Å². The van der Waals surface area contributed by atoms with Crippen molar-refractivity contribution in [3.8, 4) is 0 Å². The van der Waals surface area contributed by atoms with Gasteiger partial charge in [-0.05, 0) is 53.2 Å². The van der Waals surface area contributed by atoms with Crippen molar-refractivity contribution >= 4 is 39.2 Å². The molecule has 0 saturated carbocycles. The number of fused-ring (bicyclic) bond motifs is 3. The highest BCUT2D eigenvalue weighted by Crippen LogP contribution is 2.33. The molecule has 7 nitrogen and oxygen atoms in total. The number of piperazine rings is 1. The Balaban J connectivity index is 1.23. The van der Waals surface area contributed by atoms with E-state index in [0.717, 1.165) is 48.1 Å². The second kappa shape index (κ2) is 9.92. The Morgan fingerprint density at radius 2 is 1.48 bits per heavy atom. The van der Waals surface area contributed by atoms with Crippen molar-refractivity contribution in [2.24, 2.45) is 0 Å². The van der Waals surface area contributed by atoms with Gasteiger partial charge in [0.15, 0.2) is 0 Å². The molecule has 7 heteroatoms. The largest absolute Gasteiger partial charge is 0.369 e. The number of nitrogens with zero attached hydrogens (tertiary/aromatic N) is 5. The van der Waals surface area contributed by atoms with Gasteiger partial charge in [0.2, 0.25) is 5.95 Å². The van der Waals surface area contributed by atoms with Crippen LogP contribution >= 0.6 is 0 Å². The van der Waals surface area contributed by atoms with Gasteiger partial charge in [0.05, 0.1) is 17.4 Å². The van der Waals surface area contributed by atoms with Crippen molar-refractivity contribution < 1.29 is 4.79 Å². The number of rotatable bonds is 5. The summed E-state index contributed by atoms with van der Waals surface area (Å²) >= 11 is 0. The molecule has 1 atom stereocenters. The first kappa shape index (κ1) is 24.5. The summed E-state index contributed by atoms with van der Waals surface area (Å²) in [5.41, 5.74) is 3.65. The molecule has 1 unspecified atom stereocenters. The normalized spacial score (nSPS) is 17.6. The third kappa shape index (κ3) is 4.32. The van der Waals surface area contributed by atoms with Crippen LogP contribution in [0.1, 0.15) is 17.2 Å². The van der Waals surface area contributed by atoms with Gasteiger partial charge in [-0.1, -0.05) is 66.7 Å². The minimum atomic E-state index is -0.648. The van der Waals surface area contributed by atoms with E-state index in [0.29, 0.717) is 29.8 Å². The minimum absolute atomic E-state index is 0.101. The molecule has 2 aliphatic rings. The van der Waals surface area contributed by atoms with E-state index in [-0.39, 0.29) is 11.5 Å². The lowest BCUT2D eigenvalue weighted by atomic mass is 10.0. The summed E-state index contributed by atoms with van der Waals surface area (Å²) in [4.78, 5) is 39.0. The van der Waals surface area contributed by atoms with Crippen molar-refractivity contribution in [3.63, 3.8) is 0 Å². The maximum Gasteiger partial charge on any atom is 0.263 e. The van der Waals surface area contributed by atoms with E-state index in [2.05, 4.69) is 71.4 Å². The summed E-state index contributed by atoms with van der Waals surface area (Å²) in [7, 11) is 2.15. The number of benzene rings is 4. The molecule has 1 amide bonds. The third-order valence-electron chi connectivity index (χ3n) is 8.28. The van der Waals surface area contributed by atoms with Gasteiger partial charge in [0.1, 0.15) is 6.04 Å². The molecule has 7 rings (SSSR count). The maximum atomic E-state index is 14.0. The molecule has 5 aromatic rings. The number of hydrogen-bond acceptors (Lipinski definition) is 5. The van der Waals surface area contributed by atoms with Gasteiger partial charge in [-0.15, -0.1) is 0 Å². The van der Waals surface area contributed by atoms with Gasteiger partial charge in [-0.2, -0.15) is 0 Å². The van der Waals surface area contributed by atoms with Crippen LogP contribution < -0.4 is 15.4 Å². The highest BCUT2D eigenvalue weighted by molar-refractivity contribution is 6.00. The van der Waals surface area contributed by atoms with Crippen molar-refractivity contribution in [3.05, 3.63) is 112 Å². The zero-order valence-electron chi connectivity index (χ0n) is 22.5. The Morgan fingerprint density at radius 3 is 2.27 bits per heavy atom. The summed E-state index contributed by atoms with van der Waals surface area (Å²) in [6.07, 6.45) is 0.426. The van der Waals surface area contributed by atoms with Crippen molar-refractivity contribution in [2.75, 3.05) is 43.0 Å². The maximum absolute atomic E-state index is 14.0. The summed E-state index contributed by atoms with van der Waals surface area (Å²) in [5, 5.41) is 2.80. The van der Waals surface area contributed by atoms with Gasteiger partial charge < -0.3 is 9.80 Å². The lowest BCUT2D eigenvalue weighted by Crippen LogP contribution is -2.44. The van der Waals surface area contributed by atoms with Crippen LogP contribution in [0.3, 0.4) is 0 Å². The molecular weight excluding hydrogens is 498 g/mol. The number of hydrogen-bond donors (Lipinski definition) is 0. The molecule has 40 heavy (non-hydrogen) atoms. The predicted octanol–water partition coefficient (Wildman–Crippen LogP) is 4.63. The monoisotopic (exact) mass is 529 g/mol. The van der Waals surface area contributed by atoms with Crippen LogP contribution in [0.2, 0.25) is 0 Å². The van der Waals surface area contributed by atoms with Crippen LogP contribution in [0.15, 0.2) is 95.8 Å². The average molecular weight is 530 g/mol. The van der Waals surface area contributed by atoms with Crippen LogP contribution in [-0.2, 0) is 17.8 Å². The Bertz CT molecular complexity index is 1790. The highest BCUT2D eigenvalue weighted by Gasteiger charge is 2.39. The van der Waals surface area contributed by atoms with Crippen molar-refractivity contribution in [1.82, 2.24) is 14.5 Å². The van der Waals surface area contributed by atoms with Gasteiger partial charge in [-0.3, -0.25) is 19.1 Å². The van der Waals surface area contributed by atoms with E-state index >= 15 is 0 Å². The van der Waals surface area contributed by atoms with Crippen LogP contribution in [0, 0.1) is 0 Å². The smallest absolute Gasteiger partial charge is 0.263 e. The predicted molar refractivity (Wildman–Crippen MR) is 160 cm³/mol. The fourth-order valence-corrected chi connectivity index (χ4v) is 5.97. The van der Waals surface area contributed by atoms with Gasteiger partial charge in [-0.25, -0.2) is 4.98 Å². The number of aromatic nitrogens is 2. The number of para-hydroxylation sites is 1. The first-order valence-corrected chi connectivity index (χ1v) is 13.9. The molecule has 0 aliphatic carbocycles. The highest BCUT2D eigenvalue weighted by atomic mass is 16.2. The fourth-order valence-electron chi connectivity index (χ4n) is 5.97. The van der Waals surface area contributed by atoms with E-state index in [1.165, 1.54) is 5.69 Å². The second-order valence-corrected chi connectivity index (χ2v) is 10.9. The number of amides is 1.